The zero-order valence-electron chi connectivity index (χ0n) is 9.81. The minimum atomic E-state index is -0.254. The van der Waals surface area contributed by atoms with Gasteiger partial charge in [0.05, 0.1) is 9.26 Å². The van der Waals surface area contributed by atoms with Crippen molar-refractivity contribution in [3.05, 3.63) is 62.7 Å². The molecule has 0 saturated carbocycles. The summed E-state index contributed by atoms with van der Waals surface area (Å²) in [6.07, 6.45) is 0. The van der Waals surface area contributed by atoms with E-state index in [1.807, 2.05) is 28.7 Å². The van der Waals surface area contributed by atoms with E-state index in [9.17, 15) is 8.78 Å². The molecule has 0 fully saturated rings. The number of nitrogens with one attached hydrogen (secondary N) is 1. The van der Waals surface area contributed by atoms with Gasteiger partial charge in [0.15, 0.2) is 0 Å². The Morgan fingerprint density at radius 3 is 2.61 bits per heavy atom. The average Bonchev–Trinajstić information content (AvgIpc) is 2.35. The summed E-state index contributed by atoms with van der Waals surface area (Å²) in [7, 11) is 0. The predicted octanol–water partition coefficient (Wildman–Crippen LogP) is 4.49. The summed E-state index contributed by atoms with van der Waals surface area (Å²) < 4.78 is 27.2. The highest BCUT2D eigenvalue weighted by atomic mass is 127. The molecule has 0 atom stereocenters. The van der Waals surface area contributed by atoms with E-state index in [1.54, 1.807) is 25.1 Å². The maximum Gasteiger partial charge on any atom is 0.138 e. The van der Waals surface area contributed by atoms with Gasteiger partial charge in [0, 0.05) is 6.54 Å². The molecule has 0 spiro atoms. The molecule has 2 aromatic carbocycles. The molecule has 1 N–H and O–H groups in total. The Bertz CT molecular complexity index is 570. The third-order valence-corrected chi connectivity index (χ3v) is 3.77. The smallest absolute Gasteiger partial charge is 0.138 e. The van der Waals surface area contributed by atoms with Gasteiger partial charge in [0.2, 0.25) is 0 Å². The van der Waals surface area contributed by atoms with Gasteiger partial charge in [0.1, 0.15) is 11.6 Å². The number of hydrogen-bond acceptors (Lipinski definition) is 1. The molecule has 0 heterocycles. The average molecular weight is 359 g/mol. The van der Waals surface area contributed by atoms with Gasteiger partial charge in [-0.25, -0.2) is 8.78 Å². The topological polar surface area (TPSA) is 12.0 Å². The number of rotatable bonds is 3. The highest BCUT2D eigenvalue weighted by molar-refractivity contribution is 14.1. The van der Waals surface area contributed by atoms with Gasteiger partial charge >= 0.3 is 0 Å². The quantitative estimate of drug-likeness (QED) is 0.797. The molecule has 0 aliphatic heterocycles. The van der Waals surface area contributed by atoms with Crippen molar-refractivity contribution in [2.24, 2.45) is 0 Å². The number of aryl methyl sites for hydroxylation is 1. The lowest BCUT2D eigenvalue weighted by molar-refractivity contribution is 0.616. The van der Waals surface area contributed by atoms with Crippen LogP contribution in [0.4, 0.5) is 14.5 Å². The normalized spacial score (nSPS) is 10.4. The van der Waals surface area contributed by atoms with Crippen LogP contribution in [0.5, 0.6) is 0 Å². The van der Waals surface area contributed by atoms with Gasteiger partial charge in [-0.2, -0.15) is 0 Å². The Labute approximate surface area is 118 Å². The highest BCUT2D eigenvalue weighted by Gasteiger charge is 2.05. The van der Waals surface area contributed by atoms with Crippen LogP contribution in [0.25, 0.3) is 0 Å². The van der Waals surface area contributed by atoms with Gasteiger partial charge in [-0.05, 0) is 58.8 Å². The van der Waals surface area contributed by atoms with Crippen molar-refractivity contribution in [3.63, 3.8) is 0 Å². The summed E-state index contributed by atoms with van der Waals surface area (Å²) in [5.74, 6) is -0.473. The van der Waals surface area contributed by atoms with E-state index in [0.717, 1.165) is 11.3 Å². The van der Waals surface area contributed by atoms with Crippen molar-refractivity contribution in [3.8, 4) is 0 Å². The van der Waals surface area contributed by atoms with Crippen LogP contribution in [0.2, 0.25) is 0 Å². The maximum atomic E-state index is 13.4. The summed E-state index contributed by atoms with van der Waals surface area (Å²) in [5, 5.41) is 3.10. The van der Waals surface area contributed by atoms with Crippen molar-refractivity contribution < 1.29 is 8.78 Å². The molecule has 0 amide bonds. The molecule has 0 aliphatic rings. The van der Waals surface area contributed by atoms with Crippen LogP contribution in [-0.2, 0) is 6.54 Å². The second-order valence-electron chi connectivity index (χ2n) is 4.04. The van der Waals surface area contributed by atoms with E-state index >= 15 is 0 Å². The molecule has 18 heavy (non-hydrogen) atoms. The fourth-order valence-electron chi connectivity index (χ4n) is 1.58. The molecule has 0 aliphatic carbocycles. The molecule has 1 nitrogen and oxygen atoms in total. The first-order valence-electron chi connectivity index (χ1n) is 5.51. The SMILES string of the molecule is Cc1ccc(CNc2cccc(F)c2I)cc1F. The molecular formula is C14H12F2IN. The second-order valence-corrected chi connectivity index (χ2v) is 5.12. The number of anilines is 1. The van der Waals surface area contributed by atoms with Crippen LogP contribution in [0, 0.1) is 22.1 Å². The van der Waals surface area contributed by atoms with Crippen LogP contribution < -0.4 is 5.32 Å². The van der Waals surface area contributed by atoms with Crippen molar-refractivity contribution in [2.45, 2.75) is 13.5 Å². The first kappa shape index (κ1) is 13.3. The van der Waals surface area contributed by atoms with Crippen molar-refractivity contribution in [1.29, 1.82) is 0 Å². The van der Waals surface area contributed by atoms with Gasteiger partial charge in [-0.3, -0.25) is 0 Å². The molecule has 94 valence electrons. The Balaban J connectivity index is 2.11. The van der Waals surface area contributed by atoms with E-state index in [1.165, 1.54) is 12.1 Å². The molecule has 0 radical (unpaired) electrons. The van der Waals surface area contributed by atoms with Crippen molar-refractivity contribution in [1.82, 2.24) is 0 Å². The van der Waals surface area contributed by atoms with Crippen LogP contribution in [-0.4, -0.2) is 0 Å². The number of hydrogen-bond donors (Lipinski definition) is 1. The fourth-order valence-corrected chi connectivity index (χ4v) is 2.13. The molecule has 4 heteroatoms. The summed E-state index contributed by atoms with van der Waals surface area (Å²) in [6, 6.07) is 9.96. The van der Waals surface area contributed by atoms with Gasteiger partial charge in [-0.15, -0.1) is 0 Å². The van der Waals surface area contributed by atoms with E-state index in [4.69, 9.17) is 0 Å². The van der Waals surface area contributed by atoms with E-state index in [2.05, 4.69) is 5.32 Å². The summed E-state index contributed by atoms with van der Waals surface area (Å²) >= 11 is 1.95. The Hall–Kier alpha value is -1.17. The third-order valence-electron chi connectivity index (χ3n) is 2.67. The van der Waals surface area contributed by atoms with Crippen LogP contribution >= 0.6 is 22.6 Å². The molecule has 2 rings (SSSR count). The molecule has 2 aromatic rings. The fraction of sp³-hybridized carbons (Fsp3) is 0.143. The number of benzene rings is 2. The minimum absolute atomic E-state index is 0.219. The monoisotopic (exact) mass is 359 g/mol. The summed E-state index contributed by atoms with van der Waals surface area (Å²) in [4.78, 5) is 0. The van der Waals surface area contributed by atoms with Gasteiger partial charge in [0.25, 0.3) is 0 Å². The van der Waals surface area contributed by atoms with Crippen LogP contribution in [0.15, 0.2) is 36.4 Å². The lowest BCUT2D eigenvalue weighted by atomic mass is 10.1. The lowest BCUT2D eigenvalue weighted by Gasteiger charge is -2.09. The van der Waals surface area contributed by atoms with Gasteiger partial charge < -0.3 is 5.32 Å². The molecule has 0 unspecified atom stereocenters. The largest absolute Gasteiger partial charge is 0.380 e. The van der Waals surface area contributed by atoms with Crippen molar-refractivity contribution >= 4 is 28.3 Å². The zero-order chi connectivity index (χ0) is 13.1. The first-order chi connectivity index (χ1) is 8.58. The highest BCUT2D eigenvalue weighted by Crippen LogP contribution is 2.21. The Kier molecular flexibility index (Phi) is 4.16. The molecular weight excluding hydrogens is 347 g/mol. The summed E-state index contributed by atoms with van der Waals surface area (Å²) in [5.41, 5.74) is 2.17. The van der Waals surface area contributed by atoms with Gasteiger partial charge in [-0.1, -0.05) is 18.2 Å². The number of halogens is 3. The standard InChI is InChI=1S/C14H12F2IN/c1-9-5-6-10(7-12(9)16)8-18-13-4-2-3-11(15)14(13)17/h2-7,18H,8H2,1H3. The lowest BCUT2D eigenvalue weighted by Crippen LogP contribution is -2.02. The molecule has 0 saturated heterocycles. The predicted molar refractivity (Wildman–Crippen MR) is 77.6 cm³/mol. The third kappa shape index (κ3) is 2.98. The van der Waals surface area contributed by atoms with Crippen LogP contribution in [0.3, 0.4) is 0 Å². The Morgan fingerprint density at radius 2 is 1.89 bits per heavy atom. The maximum absolute atomic E-state index is 13.4. The zero-order valence-corrected chi connectivity index (χ0v) is 12.0. The second kappa shape index (κ2) is 5.65. The van der Waals surface area contributed by atoms with E-state index < -0.39 is 0 Å². The molecule has 0 aromatic heterocycles. The van der Waals surface area contributed by atoms with Crippen molar-refractivity contribution in [2.75, 3.05) is 5.32 Å². The minimum Gasteiger partial charge on any atom is -0.380 e. The Morgan fingerprint density at radius 1 is 1.11 bits per heavy atom. The first-order valence-corrected chi connectivity index (χ1v) is 6.58. The summed E-state index contributed by atoms with van der Waals surface area (Å²) in [6.45, 7) is 2.19. The van der Waals surface area contributed by atoms with Crippen LogP contribution in [0.1, 0.15) is 11.1 Å². The van der Waals surface area contributed by atoms with E-state index in [-0.39, 0.29) is 11.6 Å². The van der Waals surface area contributed by atoms with E-state index in [0.29, 0.717) is 15.7 Å². The molecule has 0 bridgehead atoms.